The molecule has 0 spiro atoms. The summed E-state index contributed by atoms with van der Waals surface area (Å²) in [6.07, 6.45) is 41.0. The van der Waals surface area contributed by atoms with Crippen molar-refractivity contribution >= 4 is 65.2 Å². The van der Waals surface area contributed by atoms with Crippen molar-refractivity contribution in [1.29, 1.82) is 0 Å². The summed E-state index contributed by atoms with van der Waals surface area (Å²) in [5.74, 6) is 4.75. The maximum Gasteiger partial charge on any atom is 0.294 e. The molecular formula is C95H94N18+6. The third-order valence-electron chi connectivity index (χ3n) is 21.2. The number of fused-ring (bicyclic) bond motifs is 6. The summed E-state index contributed by atoms with van der Waals surface area (Å²) in [6.45, 7) is 12.8. The van der Waals surface area contributed by atoms with Crippen molar-refractivity contribution in [2.75, 3.05) is 0 Å². The molecule has 0 aliphatic rings. The molecule has 0 saturated heterocycles. The average Bonchev–Trinajstić information content (AvgIpc) is 1.79. The molecule has 0 amide bonds. The Labute approximate surface area is 659 Å². The maximum absolute atomic E-state index is 4.58. The molecule has 18 heteroatoms. The fourth-order valence-electron chi connectivity index (χ4n) is 15.1. The number of aromatic nitrogens is 18. The van der Waals surface area contributed by atoms with Crippen LogP contribution in [0, 0.1) is 41.5 Å². The number of pyridine rings is 6. The number of imidazole rings is 4. The monoisotopic (exact) mass is 1490 g/mol. The van der Waals surface area contributed by atoms with Crippen molar-refractivity contribution in [3.8, 4) is 73.9 Å². The molecule has 7 aromatic carbocycles. The molecule has 19 aromatic rings. The lowest BCUT2D eigenvalue weighted by Gasteiger charge is -2.08. The number of nitrogens with zero attached hydrogens (tertiary/aromatic N) is 18. The second-order valence-electron chi connectivity index (χ2n) is 28.5. The molecule has 19 rings (SSSR count). The molecule has 558 valence electrons. The molecule has 18 nitrogen and oxygen atoms in total. The van der Waals surface area contributed by atoms with E-state index >= 15 is 0 Å². The Balaban J connectivity index is 0.000000113. The smallest absolute Gasteiger partial charge is 0.264 e. The molecule has 0 aliphatic carbocycles. The van der Waals surface area contributed by atoms with Gasteiger partial charge in [-0.15, -0.1) is 0 Å². The van der Waals surface area contributed by atoms with Crippen molar-refractivity contribution in [2.24, 2.45) is 63.4 Å². The third-order valence-corrected chi connectivity index (χ3v) is 21.2. The number of hydrogen-bond acceptors (Lipinski definition) is 8. The fraction of sp³-hybridized carbons (Fsp3) is 0.158. The summed E-state index contributed by atoms with van der Waals surface area (Å²) in [6, 6.07) is 58.5. The normalized spacial score (nSPS) is 11.0. The molecule has 12 heterocycles. The van der Waals surface area contributed by atoms with Crippen LogP contribution >= 0.6 is 0 Å². The van der Waals surface area contributed by atoms with Crippen LogP contribution in [0.3, 0.4) is 0 Å². The van der Waals surface area contributed by atoms with Gasteiger partial charge < -0.3 is 0 Å². The summed E-state index contributed by atoms with van der Waals surface area (Å²) in [7, 11) is 18.5. The Bertz CT molecular complexity index is 6180. The second kappa shape index (κ2) is 33.5. The first-order valence-corrected chi connectivity index (χ1v) is 37.7. The van der Waals surface area contributed by atoms with E-state index in [1.54, 1.807) is 12.4 Å². The summed E-state index contributed by atoms with van der Waals surface area (Å²) in [5.41, 5.74) is 21.9. The minimum Gasteiger partial charge on any atom is -0.264 e. The number of hydrogen-bond donors (Lipinski definition) is 0. The van der Waals surface area contributed by atoms with Gasteiger partial charge in [-0.05, 0) is 152 Å². The van der Waals surface area contributed by atoms with E-state index in [9.17, 15) is 0 Å². The van der Waals surface area contributed by atoms with Crippen molar-refractivity contribution in [3.63, 3.8) is 0 Å². The second-order valence-corrected chi connectivity index (χ2v) is 28.5. The Morgan fingerprint density at radius 1 is 0.265 bits per heavy atom. The summed E-state index contributed by atoms with van der Waals surface area (Å²) >= 11 is 0. The molecule has 113 heavy (non-hydrogen) atoms. The van der Waals surface area contributed by atoms with Crippen LogP contribution in [0.2, 0.25) is 0 Å². The van der Waals surface area contributed by atoms with Crippen LogP contribution in [-0.2, 0) is 63.4 Å². The molecular weight excluding hydrogens is 1390 g/mol. The van der Waals surface area contributed by atoms with Gasteiger partial charge in [-0.3, -0.25) is 34.9 Å². The van der Waals surface area contributed by atoms with Gasteiger partial charge in [0.2, 0.25) is 11.4 Å². The van der Waals surface area contributed by atoms with Gasteiger partial charge in [0.1, 0.15) is 81.2 Å². The summed E-state index contributed by atoms with van der Waals surface area (Å²) in [5, 5.41) is 9.62. The SMILES string of the molecule is Cc1c(-c2cncc[n+]2C)cnc2ccccc12.Cc1c(-c2cncc[n+]2C)ncc2ccccc12.Cc1c(-c2n(-c3ccccc3)cc[n+]2C)ccc2cccnc12.Cc1c(-c2n(C)cc[n+]2C)ccc2cccnc12.Cc1c(-c2n(C)cc[n+]2C)ccc2cccnc12.Cc1c(-c2n(C)cc[n+]2C)ccc2ccncc12. The highest BCUT2D eigenvalue weighted by Crippen LogP contribution is 2.33. The molecule has 0 fully saturated rings. The lowest BCUT2D eigenvalue weighted by Crippen LogP contribution is -2.31. The Morgan fingerprint density at radius 3 is 1.20 bits per heavy atom. The van der Waals surface area contributed by atoms with Crippen LogP contribution in [0.5, 0.6) is 0 Å². The van der Waals surface area contributed by atoms with E-state index in [2.05, 4.69) is 343 Å². The van der Waals surface area contributed by atoms with Crippen LogP contribution in [0.4, 0.5) is 0 Å². The molecule has 12 aromatic heterocycles. The predicted molar refractivity (Wildman–Crippen MR) is 450 cm³/mol. The van der Waals surface area contributed by atoms with Gasteiger partial charge in [-0.1, -0.05) is 103 Å². The van der Waals surface area contributed by atoms with Crippen LogP contribution < -0.4 is 27.4 Å². The molecule has 0 atom stereocenters. The molecule has 0 radical (unpaired) electrons. The van der Waals surface area contributed by atoms with Crippen LogP contribution in [0.25, 0.3) is 139 Å². The van der Waals surface area contributed by atoms with Crippen molar-refractivity contribution in [3.05, 3.63) is 333 Å². The highest BCUT2D eigenvalue weighted by molar-refractivity contribution is 5.92. The van der Waals surface area contributed by atoms with E-state index in [-0.39, 0.29) is 0 Å². The Hall–Kier alpha value is -14.0. The maximum atomic E-state index is 4.58. The van der Waals surface area contributed by atoms with E-state index in [1.165, 1.54) is 116 Å². The lowest BCUT2D eigenvalue weighted by molar-refractivity contribution is -0.661. The Kier molecular flexibility index (Phi) is 22.4. The first kappa shape index (κ1) is 75.8. The topological polar surface area (TPSA) is 146 Å². The zero-order valence-corrected chi connectivity index (χ0v) is 66.8. The van der Waals surface area contributed by atoms with Gasteiger partial charge in [0.15, 0.2) is 12.4 Å². The van der Waals surface area contributed by atoms with E-state index in [4.69, 9.17) is 0 Å². The number of rotatable bonds is 7. The molecule has 0 unspecified atom stereocenters. The minimum absolute atomic E-state index is 0.990. The lowest BCUT2D eigenvalue weighted by atomic mass is 10.0. The van der Waals surface area contributed by atoms with Crippen LogP contribution in [0.15, 0.2) is 300 Å². The molecule has 0 bridgehead atoms. The van der Waals surface area contributed by atoms with Crippen molar-refractivity contribution < 1.29 is 27.4 Å². The molecule has 0 saturated carbocycles. The Morgan fingerprint density at radius 2 is 0.690 bits per heavy atom. The zero-order valence-electron chi connectivity index (χ0n) is 66.8. The van der Waals surface area contributed by atoms with Gasteiger partial charge >= 0.3 is 0 Å². The van der Waals surface area contributed by atoms with Crippen molar-refractivity contribution in [2.45, 2.75) is 41.5 Å². The number of benzene rings is 7. The fourth-order valence-corrected chi connectivity index (χ4v) is 15.1. The summed E-state index contributed by atoms with van der Waals surface area (Å²) in [4.78, 5) is 35.2. The van der Waals surface area contributed by atoms with E-state index < -0.39 is 0 Å². The zero-order chi connectivity index (χ0) is 79.0. The summed E-state index contributed by atoms with van der Waals surface area (Å²) < 4.78 is 21.3. The predicted octanol–water partition coefficient (Wildman–Crippen LogP) is 15.8. The molecule has 0 N–H and O–H groups in total. The van der Waals surface area contributed by atoms with Gasteiger partial charge in [0, 0.05) is 75.7 Å². The molecule has 0 aliphatic heterocycles. The van der Waals surface area contributed by atoms with Crippen LogP contribution in [-0.4, -0.2) is 58.1 Å². The first-order valence-electron chi connectivity index (χ1n) is 37.7. The third kappa shape index (κ3) is 15.7. The minimum atomic E-state index is 0.990. The van der Waals surface area contributed by atoms with Gasteiger partial charge in [0.05, 0.1) is 118 Å². The van der Waals surface area contributed by atoms with Gasteiger partial charge in [0.25, 0.3) is 23.3 Å². The quantitative estimate of drug-likeness (QED) is 0.143. The van der Waals surface area contributed by atoms with Gasteiger partial charge in [-0.25, -0.2) is 37.0 Å². The van der Waals surface area contributed by atoms with E-state index in [0.717, 1.165) is 56.2 Å². The van der Waals surface area contributed by atoms with Crippen molar-refractivity contribution in [1.82, 2.24) is 58.1 Å². The van der Waals surface area contributed by atoms with Crippen LogP contribution in [0.1, 0.15) is 33.4 Å². The van der Waals surface area contributed by atoms with Gasteiger partial charge in [-0.2, -0.15) is 13.7 Å². The average molecular weight is 1490 g/mol. The number of aryl methyl sites for hydroxylation is 15. The first-order chi connectivity index (χ1) is 54.8. The standard InChI is InChI=1S/C20H18N3.3C15H16N3.2C15H14N3/c1-15-18(11-10-16-7-6-12-21-19(15)16)20-22(2)13-14-23(20)17-8-4-3-5-9-17;1-11-13(15-17(2)8-9-18(15)3)5-4-12-6-7-16-10-14(11)12;2*1-11-13(15-17(2)9-10-18(15)3)7-6-12-5-4-8-16-14(11)12;1-11-12-5-3-4-6-14(12)17-9-13(11)15-10-16-7-8-18(15)2;1-11-13-6-4-3-5-12(13)9-17-15(11)14-10-16-7-8-18(14)2/h3-14H,1-2H3;3*4-10H,1-3H3;2*3-10H,1-2H3/q6*+1. The van der Waals surface area contributed by atoms with E-state index in [0.29, 0.717) is 0 Å². The largest absolute Gasteiger partial charge is 0.294 e. The van der Waals surface area contributed by atoms with E-state index in [1.807, 2.05) is 135 Å². The highest BCUT2D eigenvalue weighted by Gasteiger charge is 2.25. The number of para-hydroxylation sites is 2. The highest BCUT2D eigenvalue weighted by atomic mass is 15.2.